The number of carbonyl (C=O) groups is 2. The lowest BCUT2D eigenvalue weighted by Gasteiger charge is -2.16. The Balaban J connectivity index is 1.47. The third-order valence-electron chi connectivity index (χ3n) is 6.73. The number of ether oxygens (including phenoxy) is 2. The van der Waals surface area contributed by atoms with Gasteiger partial charge in [0.2, 0.25) is 0 Å². The molecule has 1 aliphatic rings. The molecule has 0 unspecified atom stereocenters. The largest absolute Gasteiger partial charge is 0.545 e. The fourth-order valence-corrected chi connectivity index (χ4v) is 5.55. The van der Waals surface area contributed by atoms with Crippen molar-refractivity contribution in [3.63, 3.8) is 0 Å². The van der Waals surface area contributed by atoms with E-state index >= 15 is 0 Å². The van der Waals surface area contributed by atoms with Crippen LogP contribution >= 0.6 is 11.8 Å². The van der Waals surface area contributed by atoms with E-state index in [1.807, 2.05) is 36.4 Å². The summed E-state index contributed by atoms with van der Waals surface area (Å²) in [5.41, 5.74) is 3.83. The number of thioether (sulfide) groups is 1. The molecule has 0 spiro atoms. The number of hydrogen-bond acceptors (Lipinski definition) is 7. The van der Waals surface area contributed by atoms with Gasteiger partial charge in [-0.1, -0.05) is 60.7 Å². The molecule has 7 nitrogen and oxygen atoms in total. The molecule has 0 saturated carbocycles. The molecule has 0 aliphatic carbocycles. The van der Waals surface area contributed by atoms with E-state index in [0.717, 1.165) is 22.3 Å². The second-order valence-corrected chi connectivity index (χ2v) is 10.8. The minimum atomic E-state index is -1.26. The monoisotopic (exact) mass is 607 g/mol. The third-order valence-corrected chi connectivity index (χ3v) is 7.74. The summed E-state index contributed by atoms with van der Waals surface area (Å²) in [6.07, 6.45) is 4.03. The Bertz CT molecular complexity index is 1740. The quantitative estimate of drug-likeness (QED) is 0.147. The first kappa shape index (κ1) is 30.3. The van der Waals surface area contributed by atoms with E-state index in [0.29, 0.717) is 33.7 Å². The molecule has 1 fully saturated rings. The highest BCUT2D eigenvalue weighted by Gasteiger charge is 2.33. The van der Waals surface area contributed by atoms with E-state index in [1.54, 1.807) is 54.5 Å². The predicted octanol–water partition coefficient (Wildman–Crippen LogP) is 6.31. The van der Waals surface area contributed by atoms with Crippen LogP contribution in [0.3, 0.4) is 0 Å². The first-order chi connectivity index (χ1) is 21.3. The normalized spacial score (nSPS) is 14.7. The number of allylic oxidation sites excluding steroid dienone is 1. The van der Waals surface area contributed by atoms with Gasteiger partial charge in [-0.15, -0.1) is 6.58 Å². The Morgan fingerprint density at radius 2 is 1.73 bits per heavy atom. The molecule has 0 aromatic heterocycles. The smallest absolute Gasteiger partial charge is 0.267 e. The fourth-order valence-electron chi connectivity index (χ4n) is 4.55. The Morgan fingerprint density at radius 1 is 1.02 bits per heavy atom. The Kier molecular flexibility index (Phi) is 9.56. The summed E-state index contributed by atoms with van der Waals surface area (Å²) in [6.45, 7) is 4.28. The molecule has 1 amide bonds. The molecule has 9 heteroatoms. The van der Waals surface area contributed by atoms with E-state index < -0.39 is 5.97 Å². The number of hydrogen-bond donors (Lipinski definition) is 0. The number of aliphatic imine (C=N–C) groups is 1. The average molecular weight is 608 g/mol. The van der Waals surface area contributed by atoms with Crippen molar-refractivity contribution >= 4 is 40.6 Å². The van der Waals surface area contributed by atoms with Crippen LogP contribution in [0.25, 0.3) is 6.08 Å². The van der Waals surface area contributed by atoms with Crippen molar-refractivity contribution in [2.24, 2.45) is 4.99 Å². The van der Waals surface area contributed by atoms with Crippen LogP contribution in [0.1, 0.15) is 32.6 Å². The fraction of sp³-hybridized carbons (Fsp3) is 0.114. The highest BCUT2D eigenvalue weighted by atomic mass is 32.2. The number of carboxylic acids is 1. The number of amides is 1. The van der Waals surface area contributed by atoms with Crippen LogP contribution in [0, 0.1) is 5.82 Å². The number of carbonyl (C=O) groups excluding carboxylic acids is 2. The van der Waals surface area contributed by atoms with E-state index in [2.05, 4.69) is 6.58 Å². The third kappa shape index (κ3) is 7.25. The zero-order valence-corrected chi connectivity index (χ0v) is 24.7. The molecular formula is C35H28FN2O5S-. The molecule has 0 radical (unpaired) electrons. The molecule has 0 bridgehead atoms. The van der Waals surface area contributed by atoms with Crippen LogP contribution in [0.4, 0.5) is 10.1 Å². The topological polar surface area (TPSA) is 91.3 Å². The zero-order valence-electron chi connectivity index (χ0n) is 23.9. The van der Waals surface area contributed by atoms with Crippen molar-refractivity contribution in [1.29, 1.82) is 0 Å². The minimum absolute atomic E-state index is 0.0593. The number of rotatable bonds is 11. The lowest BCUT2D eigenvalue weighted by molar-refractivity contribution is -0.255. The lowest BCUT2D eigenvalue weighted by atomic mass is 10.0. The van der Waals surface area contributed by atoms with Gasteiger partial charge in [-0.25, -0.2) is 9.38 Å². The van der Waals surface area contributed by atoms with Gasteiger partial charge in [0.05, 0.1) is 30.2 Å². The first-order valence-corrected chi connectivity index (χ1v) is 14.5. The molecule has 1 aliphatic heterocycles. The number of nitrogens with zero attached hydrogens (tertiary/aromatic N) is 2. The maximum atomic E-state index is 13.8. The summed E-state index contributed by atoms with van der Waals surface area (Å²) in [4.78, 5) is 31.7. The first-order valence-electron chi connectivity index (χ1n) is 13.7. The summed E-state index contributed by atoms with van der Waals surface area (Å²) in [5, 5.41) is 11.7. The lowest BCUT2D eigenvalue weighted by Crippen LogP contribution is -2.28. The van der Waals surface area contributed by atoms with Crippen LogP contribution in [0.15, 0.2) is 114 Å². The molecule has 0 N–H and O–H groups in total. The van der Waals surface area contributed by atoms with Gasteiger partial charge in [0, 0.05) is 5.56 Å². The van der Waals surface area contributed by atoms with Gasteiger partial charge >= 0.3 is 0 Å². The maximum absolute atomic E-state index is 13.8. The molecule has 5 rings (SSSR count). The van der Waals surface area contributed by atoms with E-state index in [9.17, 15) is 19.1 Å². The summed E-state index contributed by atoms with van der Waals surface area (Å²) in [7, 11) is 1.54. The highest BCUT2D eigenvalue weighted by Crippen LogP contribution is 2.38. The number of aromatic carboxylic acids is 1. The van der Waals surface area contributed by atoms with Crippen LogP contribution in [0.2, 0.25) is 0 Å². The van der Waals surface area contributed by atoms with Gasteiger partial charge in [0.1, 0.15) is 12.4 Å². The molecular weight excluding hydrogens is 579 g/mol. The Labute approximate surface area is 259 Å². The van der Waals surface area contributed by atoms with E-state index in [4.69, 9.17) is 14.5 Å². The van der Waals surface area contributed by atoms with Crippen LogP contribution in [-0.2, 0) is 24.4 Å². The van der Waals surface area contributed by atoms with Gasteiger partial charge in [-0.2, -0.15) is 0 Å². The van der Waals surface area contributed by atoms with E-state index in [-0.39, 0.29) is 30.4 Å². The number of amidine groups is 1. The van der Waals surface area contributed by atoms with Crippen LogP contribution in [0.5, 0.6) is 11.5 Å². The van der Waals surface area contributed by atoms with E-state index in [1.165, 1.54) is 36.0 Å². The van der Waals surface area contributed by atoms with Crippen LogP contribution in [-0.4, -0.2) is 29.1 Å². The van der Waals surface area contributed by atoms with Crippen LogP contribution < -0.4 is 14.6 Å². The van der Waals surface area contributed by atoms with Crippen molar-refractivity contribution in [3.05, 3.63) is 142 Å². The standard InChI is InChI=1S/C35H29FN2O5S/c1-3-7-27-18-25(19-30(42-2)32(27)43-22-24-12-16-28(36)17-13-24)20-31-33(39)38(21-23-10-14-26(15-11-23)34(40)41)35(44-31)37-29-8-5-4-6-9-29/h3-6,8-20H,1,7,21-22H2,2H3,(H,40,41)/p-1/b31-20-,37-35?. The van der Waals surface area contributed by atoms with Crippen molar-refractivity contribution in [2.75, 3.05) is 7.11 Å². The van der Waals surface area contributed by atoms with Crippen molar-refractivity contribution in [2.45, 2.75) is 19.6 Å². The molecule has 4 aromatic carbocycles. The summed E-state index contributed by atoms with van der Waals surface area (Å²) >= 11 is 1.25. The molecule has 1 heterocycles. The Morgan fingerprint density at radius 3 is 2.39 bits per heavy atom. The second-order valence-electron chi connectivity index (χ2n) is 9.84. The molecule has 44 heavy (non-hydrogen) atoms. The second kappa shape index (κ2) is 13.9. The van der Waals surface area contributed by atoms with Gasteiger partial charge < -0.3 is 19.4 Å². The number of methoxy groups -OCH3 is 1. The number of halogens is 1. The van der Waals surface area contributed by atoms with Gasteiger partial charge in [-0.05, 0) is 82.9 Å². The number of para-hydroxylation sites is 1. The zero-order chi connectivity index (χ0) is 31.1. The average Bonchev–Trinajstić information content (AvgIpc) is 3.30. The predicted molar refractivity (Wildman–Crippen MR) is 168 cm³/mol. The van der Waals surface area contributed by atoms with Gasteiger partial charge in [0.25, 0.3) is 5.91 Å². The minimum Gasteiger partial charge on any atom is -0.545 e. The van der Waals surface area contributed by atoms with Gasteiger partial charge in [0.15, 0.2) is 16.7 Å². The highest BCUT2D eigenvalue weighted by molar-refractivity contribution is 8.18. The molecule has 0 atom stereocenters. The SMILES string of the molecule is C=CCc1cc(/C=C2\SC(=Nc3ccccc3)N(Cc3ccc(C(=O)[O-])cc3)C2=O)cc(OC)c1OCc1ccc(F)cc1. The molecule has 4 aromatic rings. The number of carboxylic acid groups (broad SMARTS) is 1. The molecule has 1 saturated heterocycles. The van der Waals surface area contributed by atoms with Crippen molar-refractivity contribution < 1.29 is 28.6 Å². The summed E-state index contributed by atoms with van der Waals surface area (Å²) < 4.78 is 25.1. The summed E-state index contributed by atoms with van der Waals surface area (Å²) in [6, 6.07) is 25.3. The molecule has 222 valence electrons. The number of benzene rings is 4. The van der Waals surface area contributed by atoms with Crippen molar-refractivity contribution in [3.8, 4) is 11.5 Å². The van der Waals surface area contributed by atoms with Gasteiger partial charge in [-0.3, -0.25) is 9.69 Å². The summed E-state index contributed by atoms with van der Waals surface area (Å²) in [5.74, 6) is -0.804. The Hall–Kier alpha value is -5.15. The van der Waals surface area contributed by atoms with Crippen molar-refractivity contribution in [1.82, 2.24) is 4.90 Å². The maximum Gasteiger partial charge on any atom is 0.267 e.